The molecule has 0 aliphatic carbocycles. The van der Waals surface area contributed by atoms with E-state index in [1.54, 1.807) is 6.07 Å². The predicted molar refractivity (Wildman–Crippen MR) is 52.3 cm³/mol. The first-order chi connectivity index (χ1) is 7.65. The number of ether oxygens (including phenoxy) is 2. The molecule has 86 valence electrons. The maximum atomic E-state index is 11.3. The van der Waals surface area contributed by atoms with E-state index in [4.69, 9.17) is 13.9 Å². The van der Waals surface area contributed by atoms with E-state index in [1.165, 1.54) is 19.5 Å². The van der Waals surface area contributed by atoms with Gasteiger partial charge in [0.05, 0.1) is 18.9 Å². The van der Waals surface area contributed by atoms with Gasteiger partial charge in [-0.15, -0.1) is 0 Å². The summed E-state index contributed by atoms with van der Waals surface area (Å²) >= 11 is 0. The van der Waals surface area contributed by atoms with Gasteiger partial charge in [-0.3, -0.25) is 9.59 Å². The second-order valence-electron chi connectivity index (χ2n) is 3.71. The molecule has 2 atom stereocenters. The van der Waals surface area contributed by atoms with Gasteiger partial charge in [-0.05, 0) is 6.07 Å². The van der Waals surface area contributed by atoms with E-state index in [1.807, 2.05) is 0 Å². The number of hydrogen-bond acceptors (Lipinski definition) is 5. The first-order valence-electron chi connectivity index (χ1n) is 5.04. The van der Waals surface area contributed by atoms with Gasteiger partial charge in [0, 0.05) is 18.9 Å². The Bertz CT molecular complexity index is 379. The van der Waals surface area contributed by atoms with Crippen LogP contribution in [0.15, 0.2) is 23.0 Å². The monoisotopic (exact) mass is 224 g/mol. The second kappa shape index (κ2) is 4.38. The van der Waals surface area contributed by atoms with Crippen LogP contribution < -0.4 is 0 Å². The van der Waals surface area contributed by atoms with Gasteiger partial charge in [0.25, 0.3) is 0 Å². The zero-order valence-electron chi connectivity index (χ0n) is 8.84. The van der Waals surface area contributed by atoms with Crippen LogP contribution in [-0.4, -0.2) is 18.0 Å². The SMILES string of the molecule is CC(=O)O[C@@H]1CC(=O)O[C@@H](c2ccoc2)C1. The standard InChI is InChI=1S/C11H12O5/c1-7(12)15-9-4-10(16-11(13)5-9)8-2-3-14-6-8/h2-3,6,9-10H,4-5H2,1H3/t9-,10+/m0/s1. The predicted octanol–water partition coefficient (Wildman–Crippen LogP) is 1.59. The zero-order valence-corrected chi connectivity index (χ0v) is 8.84. The van der Waals surface area contributed by atoms with Crippen LogP contribution >= 0.6 is 0 Å². The molecular formula is C11H12O5. The number of hydrogen-bond donors (Lipinski definition) is 0. The molecule has 16 heavy (non-hydrogen) atoms. The van der Waals surface area contributed by atoms with Crippen molar-refractivity contribution in [2.24, 2.45) is 0 Å². The van der Waals surface area contributed by atoms with E-state index in [-0.39, 0.29) is 24.5 Å². The lowest BCUT2D eigenvalue weighted by atomic mass is 10.0. The van der Waals surface area contributed by atoms with Crippen molar-refractivity contribution in [3.63, 3.8) is 0 Å². The van der Waals surface area contributed by atoms with E-state index < -0.39 is 6.10 Å². The fraction of sp³-hybridized carbons (Fsp3) is 0.455. The van der Waals surface area contributed by atoms with Gasteiger partial charge < -0.3 is 13.9 Å². The molecular weight excluding hydrogens is 212 g/mol. The number of carbonyl (C=O) groups excluding carboxylic acids is 2. The summed E-state index contributed by atoms with van der Waals surface area (Å²) in [6, 6.07) is 1.73. The van der Waals surface area contributed by atoms with E-state index in [0.29, 0.717) is 6.42 Å². The van der Waals surface area contributed by atoms with E-state index in [2.05, 4.69) is 0 Å². The van der Waals surface area contributed by atoms with Gasteiger partial charge in [-0.25, -0.2) is 0 Å². The first kappa shape index (κ1) is 10.7. The molecule has 5 heteroatoms. The highest BCUT2D eigenvalue weighted by Crippen LogP contribution is 2.30. The molecule has 0 bridgehead atoms. The maximum absolute atomic E-state index is 11.3. The van der Waals surface area contributed by atoms with Crippen molar-refractivity contribution in [1.29, 1.82) is 0 Å². The van der Waals surface area contributed by atoms with E-state index in [0.717, 1.165) is 5.56 Å². The van der Waals surface area contributed by atoms with Crippen LogP contribution in [0, 0.1) is 0 Å². The molecule has 1 aromatic heterocycles. The van der Waals surface area contributed by atoms with Crippen molar-refractivity contribution < 1.29 is 23.5 Å². The molecule has 0 N–H and O–H groups in total. The van der Waals surface area contributed by atoms with Gasteiger partial charge in [0.1, 0.15) is 12.2 Å². The molecule has 0 unspecified atom stereocenters. The van der Waals surface area contributed by atoms with Gasteiger partial charge in [-0.1, -0.05) is 0 Å². The number of carbonyl (C=O) groups is 2. The van der Waals surface area contributed by atoms with Crippen LogP contribution in [0.1, 0.15) is 31.4 Å². The second-order valence-corrected chi connectivity index (χ2v) is 3.71. The van der Waals surface area contributed by atoms with Crippen LogP contribution in [-0.2, 0) is 19.1 Å². The summed E-state index contributed by atoms with van der Waals surface area (Å²) in [6.07, 6.45) is 2.84. The molecule has 0 spiro atoms. The largest absolute Gasteiger partial charge is 0.472 e. The molecule has 5 nitrogen and oxygen atoms in total. The quantitative estimate of drug-likeness (QED) is 0.713. The van der Waals surface area contributed by atoms with Gasteiger partial charge in [-0.2, -0.15) is 0 Å². The summed E-state index contributed by atoms with van der Waals surface area (Å²) in [4.78, 5) is 22.1. The third-order valence-electron chi connectivity index (χ3n) is 2.39. The lowest BCUT2D eigenvalue weighted by molar-refractivity contribution is -0.168. The summed E-state index contributed by atoms with van der Waals surface area (Å²) < 4.78 is 15.1. The normalized spacial score (nSPS) is 24.9. The first-order valence-corrected chi connectivity index (χ1v) is 5.04. The van der Waals surface area contributed by atoms with Crippen molar-refractivity contribution in [1.82, 2.24) is 0 Å². The third kappa shape index (κ3) is 2.42. The van der Waals surface area contributed by atoms with Crippen molar-refractivity contribution >= 4 is 11.9 Å². The van der Waals surface area contributed by atoms with Crippen LogP contribution in [0.2, 0.25) is 0 Å². The Labute approximate surface area is 92.3 Å². The Kier molecular flexibility index (Phi) is 2.94. The lowest BCUT2D eigenvalue weighted by Crippen LogP contribution is -2.30. The average Bonchev–Trinajstić information content (AvgIpc) is 2.67. The Balaban J connectivity index is 2.05. The number of rotatable bonds is 2. The molecule has 0 radical (unpaired) electrons. The van der Waals surface area contributed by atoms with Crippen LogP contribution in [0.5, 0.6) is 0 Å². The van der Waals surface area contributed by atoms with Crippen molar-refractivity contribution in [3.05, 3.63) is 24.2 Å². The highest BCUT2D eigenvalue weighted by atomic mass is 16.6. The minimum absolute atomic E-state index is 0.119. The fourth-order valence-corrected chi connectivity index (χ4v) is 1.75. The molecule has 0 amide bonds. The topological polar surface area (TPSA) is 65.7 Å². The van der Waals surface area contributed by atoms with Gasteiger partial charge in [0.15, 0.2) is 0 Å². The average molecular weight is 224 g/mol. The van der Waals surface area contributed by atoms with Crippen LogP contribution in [0.25, 0.3) is 0 Å². The molecule has 0 saturated carbocycles. The summed E-state index contributed by atoms with van der Waals surface area (Å²) in [5, 5.41) is 0. The highest BCUT2D eigenvalue weighted by molar-refractivity contribution is 5.72. The van der Waals surface area contributed by atoms with Gasteiger partial charge in [0.2, 0.25) is 0 Å². The summed E-state index contributed by atoms with van der Waals surface area (Å²) in [5.74, 6) is -0.741. The molecule has 1 saturated heterocycles. The van der Waals surface area contributed by atoms with Crippen molar-refractivity contribution in [2.75, 3.05) is 0 Å². The number of furan rings is 1. The Morgan fingerprint density at radius 3 is 3.00 bits per heavy atom. The highest BCUT2D eigenvalue weighted by Gasteiger charge is 2.31. The fourth-order valence-electron chi connectivity index (χ4n) is 1.75. The molecule has 1 aliphatic rings. The van der Waals surface area contributed by atoms with Gasteiger partial charge >= 0.3 is 11.9 Å². The van der Waals surface area contributed by atoms with Crippen LogP contribution in [0.4, 0.5) is 0 Å². The van der Waals surface area contributed by atoms with Crippen LogP contribution in [0.3, 0.4) is 0 Å². The number of esters is 2. The molecule has 1 aromatic rings. The van der Waals surface area contributed by atoms with Crippen molar-refractivity contribution in [3.8, 4) is 0 Å². The zero-order chi connectivity index (χ0) is 11.5. The molecule has 1 aliphatic heterocycles. The van der Waals surface area contributed by atoms with Crippen molar-refractivity contribution in [2.45, 2.75) is 32.0 Å². The Morgan fingerprint density at radius 1 is 1.56 bits per heavy atom. The molecule has 0 aromatic carbocycles. The maximum Gasteiger partial charge on any atom is 0.310 e. The summed E-state index contributed by atoms with van der Waals surface area (Å²) in [6.45, 7) is 1.33. The minimum Gasteiger partial charge on any atom is -0.472 e. The van der Waals surface area contributed by atoms with E-state index in [9.17, 15) is 9.59 Å². The molecule has 2 heterocycles. The lowest BCUT2D eigenvalue weighted by Gasteiger charge is -2.27. The summed E-state index contributed by atoms with van der Waals surface area (Å²) in [7, 11) is 0. The number of cyclic esters (lactones) is 1. The Morgan fingerprint density at radius 2 is 2.38 bits per heavy atom. The third-order valence-corrected chi connectivity index (χ3v) is 2.39. The molecule has 1 fully saturated rings. The smallest absolute Gasteiger partial charge is 0.310 e. The van der Waals surface area contributed by atoms with E-state index >= 15 is 0 Å². The molecule has 2 rings (SSSR count). The minimum atomic E-state index is -0.404. The summed E-state index contributed by atoms with van der Waals surface area (Å²) in [5.41, 5.74) is 0.783. The Hall–Kier alpha value is -1.78.